The number of nitrogens with zero attached hydrogens (tertiary/aromatic N) is 4. The summed E-state index contributed by atoms with van der Waals surface area (Å²) in [7, 11) is 0. The third-order valence-corrected chi connectivity index (χ3v) is 9.87. The fourth-order valence-corrected chi connectivity index (χ4v) is 7.84. The van der Waals surface area contributed by atoms with E-state index < -0.39 is 11.8 Å². The minimum Gasteiger partial charge on any atom is -0.339 e. The van der Waals surface area contributed by atoms with Gasteiger partial charge in [-0.1, -0.05) is 87.8 Å². The Labute approximate surface area is 278 Å². The first-order chi connectivity index (χ1) is 21.2. The molecule has 4 rings (SSSR count). The smallest absolute Gasteiger partial charge is 0.272 e. The molecule has 0 aromatic heterocycles. The summed E-state index contributed by atoms with van der Waals surface area (Å²) >= 11 is 13.3. The van der Waals surface area contributed by atoms with E-state index in [1.54, 1.807) is 48.5 Å². The van der Waals surface area contributed by atoms with Gasteiger partial charge in [0.2, 0.25) is 0 Å². The maximum atomic E-state index is 13.7. The molecule has 2 saturated heterocycles. The number of hydrogen-bond donors (Lipinski definition) is 0. The second-order valence-corrected chi connectivity index (χ2v) is 13.6. The van der Waals surface area contributed by atoms with Crippen LogP contribution >= 0.6 is 48.0 Å². The van der Waals surface area contributed by atoms with Gasteiger partial charge in [0.15, 0.2) is 8.64 Å². The number of benzene rings is 2. The summed E-state index contributed by atoms with van der Waals surface area (Å²) in [5, 5.41) is 0. The minimum atomic E-state index is -0.442. The Morgan fingerprint density at radius 3 is 1.30 bits per heavy atom. The highest BCUT2D eigenvalue weighted by molar-refractivity contribution is 8.30. The molecule has 2 aromatic carbocycles. The third kappa shape index (κ3) is 7.09. The Kier molecular flexibility index (Phi) is 11.8. The van der Waals surface area contributed by atoms with E-state index in [1.165, 1.54) is 9.80 Å². The van der Waals surface area contributed by atoms with Crippen molar-refractivity contribution in [1.29, 1.82) is 0 Å². The van der Waals surface area contributed by atoms with Gasteiger partial charge >= 0.3 is 0 Å². The van der Waals surface area contributed by atoms with Gasteiger partial charge in [-0.15, -0.1) is 0 Å². The predicted octanol–water partition coefficient (Wildman–Crippen LogP) is 6.85. The maximum Gasteiger partial charge on any atom is 0.272 e. The molecule has 0 radical (unpaired) electrons. The average Bonchev–Trinajstić information content (AvgIpc) is 3.48. The van der Waals surface area contributed by atoms with E-state index in [0.29, 0.717) is 48.7 Å². The summed E-state index contributed by atoms with van der Waals surface area (Å²) in [6, 6.07) is 13.7. The first kappa shape index (κ1) is 33.8. The highest BCUT2D eigenvalue weighted by Gasteiger charge is 2.43. The van der Waals surface area contributed by atoms with E-state index in [0.717, 1.165) is 49.2 Å². The lowest BCUT2D eigenvalue weighted by molar-refractivity contribution is -0.115. The van der Waals surface area contributed by atoms with Crippen LogP contribution in [0.2, 0.25) is 0 Å². The summed E-state index contributed by atoms with van der Waals surface area (Å²) in [5.74, 6) is -1.09. The molecule has 0 bridgehead atoms. The number of rotatable bonds is 12. The van der Waals surface area contributed by atoms with Gasteiger partial charge in [-0.3, -0.25) is 29.0 Å². The molecule has 0 atom stereocenters. The number of hydrogen-bond acceptors (Lipinski definition) is 8. The van der Waals surface area contributed by atoms with E-state index in [1.807, 2.05) is 37.5 Å². The zero-order valence-electron chi connectivity index (χ0n) is 25.3. The summed E-state index contributed by atoms with van der Waals surface area (Å²) in [4.78, 5) is 60.7. The number of amides is 4. The van der Waals surface area contributed by atoms with E-state index in [4.69, 9.17) is 24.4 Å². The molecule has 44 heavy (non-hydrogen) atoms. The molecule has 0 spiro atoms. The van der Waals surface area contributed by atoms with Gasteiger partial charge in [-0.2, -0.15) is 0 Å². The molecule has 2 fully saturated rings. The van der Waals surface area contributed by atoms with E-state index >= 15 is 0 Å². The van der Waals surface area contributed by atoms with Gasteiger partial charge in [-0.25, -0.2) is 0 Å². The van der Waals surface area contributed by atoms with Crippen LogP contribution in [-0.4, -0.2) is 68.2 Å². The topological polar surface area (TPSA) is 81.2 Å². The molecule has 2 aliphatic rings. The number of thiocarbonyl (C=S) groups is 2. The molecule has 0 saturated carbocycles. The van der Waals surface area contributed by atoms with Gasteiger partial charge in [0.25, 0.3) is 23.6 Å². The van der Waals surface area contributed by atoms with Crippen molar-refractivity contribution in [2.75, 3.05) is 36.0 Å². The molecular formula is C32H36N4O4S4. The third-order valence-electron chi connectivity index (χ3n) is 7.00. The Morgan fingerprint density at radius 1 is 0.636 bits per heavy atom. The molecule has 0 N–H and O–H groups in total. The lowest BCUT2D eigenvalue weighted by Crippen LogP contribution is -2.33. The van der Waals surface area contributed by atoms with E-state index in [-0.39, 0.29) is 30.3 Å². The van der Waals surface area contributed by atoms with Crippen molar-refractivity contribution in [3.63, 3.8) is 0 Å². The fraction of sp³-hybridized carbons (Fsp3) is 0.375. The zero-order chi connectivity index (χ0) is 32.0. The molecule has 8 nitrogen and oxygen atoms in total. The molecule has 0 unspecified atom stereocenters. The van der Waals surface area contributed by atoms with Crippen LogP contribution in [0.15, 0.2) is 58.3 Å². The van der Waals surface area contributed by atoms with E-state index in [2.05, 4.69) is 0 Å². The van der Waals surface area contributed by atoms with Gasteiger partial charge in [0, 0.05) is 37.3 Å². The SMILES string of the molecule is CCCN(CCC)C(=O)c1cccc(N2C(=O)C(=C3SC(=S)N(c4cccc(C(=O)N(CCC)CCC)c4)C3=O)SC2=S)c1. The van der Waals surface area contributed by atoms with Crippen molar-refractivity contribution in [2.45, 2.75) is 53.4 Å². The lowest BCUT2D eigenvalue weighted by Gasteiger charge is -2.22. The highest BCUT2D eigenvalue weighted by Crippen LogP contribution is 2.44. The largest absolute Gasteiger partial charge is 0.339 e. The van der Waals surface area contributed by atoms with Gasteiger partial charge in [0.1, 0.15) is 0 Å². The minimum absolute atomic E-state index is 0.102. The number of carbonyl (C=O) groups excluding carboxylic acids is 4. The summed E-state index contributed by atoms with van der Waals surface area (Å²) in [6.07, 6.45) is 3.37. The van der Waals surface area contributed by atoms with Crippen molar-refractivity contribution in [1.82, 2.24) is 9.80 Å². The Bertz CT molecular complexity index is 1400. The molecule has 232 valence electrons. The Hall–Kier alpha value is -3.06. The maximum absolute atomic E-state index is 13.7. The molecule has 2 heterocycles. The number of anilines is 2. The van der Waals surface area contributed by atoms with Gasteiger partial charge in [-0.05, 0) is 62.1 Å². The summed E-state index contributed by atoms with van der Waals surface area (Å²) < 4.78 is 0.525. The van der Waals surface area contributed by atoms with Crippen LogP contribution < -0.4 is 9.80 Å². The molecule has 12 heteroatoms. The van der Waals surface area contributed by atoms with Crippen molar-refractivity contribution >= 4 is 91.6 Å². The monoisotopic (exact) mass is 668 g/mol. The Morgan fingerprint density at radius 2 is 0.977 bits per heavy atom. The van der Waals surface area contributed by atoms with Crippen molar-refractivity contribution in [3.8, 4) is 0 Å². The number of carbonyl (C=O) groups is 4. The molecule has 4 amide bonds. The van der Waals surface area contributed by atoms with Crippen molar-refractivity contribution < 1.29 is 19.2 Å². The summed E-state index contributed by atoms with van der Waals surface area (Å²) in [5.41, 5.74) is 1.87. The van der Waals surface area contributed by atoms with Gasteiger partial charge < -0.3 is 9.80 Å². The van der Waals surface area contributed by atoms with Crippen LogP contribution in [0.1, 0.15) is 74.1 Å². The quantitative estimate of drug-likeness (QED) is 0.180. The predicted molar refractivity (Wildman–Crippen MR) is 188 cm³/mol. The summed E-state index contributed by atoms with van der Waals surface area (Å²) in [6.45, 7) is 10.7. The Balaban J connectivity index is 1.61. The van der Waals surface area contributed by atoms with Crippen LogP contribution in [0, 0.1) is 0 Å². The average molecular weight is 669 g/mol. The van der Waals surface area contributed by atoms with Crippen molar-refractivity contribution in [3.05, 3.63) is 69.5 Å². The van der Waals surface area contributed by atoms with Crippen LogP contribution in [0.3, 0.4) is 0 Å². The zero-order valence-corrected chi connectivity index (χ0v) is 28.6. The molecular weight excluding hydrogens is 633 g/mol. The number of thioether (sulfide) groups is 2. The normalized spacial score (nSPS) is 16.7. The second kappa shape index (κ2) is 15.3. The molecule has 0 aliphatic carbocycles. The van der Waals surface area contributed by atoms with Gasteiger partial charge in [0.05, 0.1) is 21.2 Å². The first-order valence-corrected chi connectivity index (χ1v) is 17.3. The molecule has 2 aromatic rings. The van der Waals surface area contributed by atoms with Crippen LogP contribution in [0.25, 0.3) is 0 Å². The molecule has 2 aliphatic heterocycles. The highest BCUT2D eigenvalue weighted by atomic mass is 32.2. The first-order valence-electron chi connectivity index (χ1n) is 14.8. The van der Waals surface area contributed by atoms with Crippen LogP contribution in [-0.2, 0) is 9.59 Å². The second-order valence-electron chi connectivity index (χ2n) is 10.4. The standard InChI is InChI=1S/C32H36N4O4S4/c1-5-15-33(16-6-2)27(37)21-11-9-13-23(19-21)35-29(39)25(43-31(35)41)26-30(40)36(32(42)44-26)24-14-10-12-22(20-24)28(38)34(17-7-3)18-8-4/h9-14,19-20H,5-8,15-18H2,1-4H3. The van der Waals surface area contributed by atoms with Crippen LogP contribution in [0.5, 0.6) is 0 Å². The van der Waals surface area contributed by atoms with Crippen molar-refractivity contribution in [2.24, 2.45) is 0 Å². The van der Waals surface area contributed by atoms with E-state index in [9.17, 15) is 19.2 Å². The van der Waals surface area contributed by atoms with Crippen LogP contribution in [0.4, 0.5) is 11.4 Å². The fourth-order valence-electron chi connectivity index (χ4n) is 5.09. The lowest BCUT2D eigenvalue weighted by atomic mass is 10.1.